The van der Waals surface area contributed by atoms with Crippen LogP contribution in [0.5, 0.6) is 5.75 Å². The highest BCUT2D eigenvalue weighted by Crippen LogP contribution is 2.41. The lowest BCUT2D eigenvalue weighted by atomic mass is 9.68. The van der Waals surface area contributed by atoms with Gasteiger partial charge in [0.1, 0.15) is 5.75 Å². The number of rotatable bonds is 6. The van der Waals surface area contributed by atoms with Crippen LogP contribution in [0.2, 0.25) is 0 Å². The lowest BCUT2D eigenvalue weighted by Gasteiger charge is -2.38. The van der Waals surface area contributed by atoms with E-state index in [1.807, 2.05) is 25.2 Å². The summed E-state index contributed by atoms with van der Waals surface area (Å²) in [4.78, 5) is 16.0. The third-order valence-electron chi connectivity index (χ3n) is 5.74. The van der Waals surface area contributed by atoms with E-state index in [9.17, 15) is 9.18 Å². The molecule has 1 amide bonds. The maximum Gasteiger partial charge on any atom is 0.223 e. The lowest BCUT2D eigenvalue weighted by Crippen LogP contribution is -2.45. The molecule has 144 valence electrons. The van der Waals surface area contributed by atoms with Crippen molar-refractivity contribution in [3.8, 4) is 16.9 Å². The summed E-state index contributed by atoms with van der Waals surface area (Å²) in [5.74, 6) is -0.0760. The van der Waals surface area contributed by atoms with Gasteiger partial charge in [-0.3, -0.25) is 4.79 Å². The first-order chi connectivity index (χ1) is 13.0. The minimum Gasteiger partial charge on any atom is -0.496 e. The quantitative estimate of drug-likeness (QED) is 0.765. The van der Waals surface area contributed by atoms with E-state index in [0.29, 0.717) is 18.2 Å². The number of hydrogen-bond acceptors (Lipinski definition) is 4. The second-order valence-electron chi connectivity index (χ2n) is 7.28. The Morgan fingerprint density at radius 1 is 1.30 bits per heavy atom. The Bertz CT molecular complexity index is 817. The fraction of sp³-hybridized carbons (Fsp3) is 0.429. The van der Waals surface area contributed by atoms with Gasteiger partial charge in [-0.05, 0) is 74.0 Å². The van der Waals surface area contributed by atoms with Gasteiger partial charge < -0.3 is 15.8 Å². The van der Waals surface area contributed by atoms with Gasteiger partial charge in [0.2, 0.25) is 11.9 Å². The summed E-state index contributed by atoms with van der Waals surface area (Å²) in [6.07, 6.45) is 5.27. The third kappa shape index (κ3) is 4.11. The Hall–Kier alpha value is -2.47. The van der Waals surface area contributed by atoms with Crippen LogP contribution in [0.3, 0.4) is 0 Å². The zero-order valence-corrected chi connectivity index (χ0v) is 15.8. The number of pyridine rings is 1. The standard InChI is InChI=1S/C21H26FN3O2/c1-24-17-5-8-21(9-6-17,20(23)26)13-16-11-14(3-4-18(16)27-2)15-7-10-25-19(22)12-15/h3-4,7,10-12,17,24H,5-6,8-9,13H2,1-2H3,(H2,23,26). The predicted octanol–water partition coefficient (Wildman–Crippen LogP) is 3.07. The van der Waals surface area contributed by atoms with E-state index in [0.717, 1.165) is 42.4 Å². The summed E-state index contributed by atoms with van der Waals surface area (Å²) in [5.41, 5.74) is 7.76. The first-order valence-corrected chi connectivity index (χ1v) is 9.23. The Morgan fingerprint density at radius 3 is 2.59 bits per heavy atom. The van der Waals surface area contributed by atoms with Gasteiger partial charge in [-0.2, -0.15) is 4.39 Å². The average molecular weight is 371 g/mol. The molecule has 1 fully saturated rings. The van der Waals surface area contributed by atoms with Gasteiger partial charge in [-0.25, -0.2) is 4.98 Å². The summed E-state index contributed by atoms with van der Waals surface area (Å²) in [6.45, 7) is 0. The number of benzene rings is 1. The zero-order chi connectivity index (χ0) is 19.4. The molecule has 0 aliphatic heterocycles. The SMILES string of the molecule is CNC1CCC(Cc2cc(-c3ccnc(F)c3)ccc2OC)(C(N)=O)CC1. The fourth-order valence-corrected chi connectivity index (χ4v) is 4.01. The highest BCUT2D eigenvalue weighted by molar-refractivity contribution is 5.81. The summed E-state index contributed by atoms with van der Waals surface area (Å²) in [5, 5.41) is 3.28. The summed E-state index contributed by atoms with van der Waals surface area (Å²) in [7, 11) is 3.56. The van der Waals surface area contributed by atoms with Crippen molar-refractivity contribution in [1.29, 1.82) is 0 Å². The number of primary amides is 1. The molecule has 0 bridgehead atoms. The molecule has 1 aromatic heterocycles. The van der Waals surface area contributed by atoms with Crippen LogP contribution >= 0.6 is 0 Å². The summed E-state index contributed by atoms with van der Waals surface area (Å²) < 4.78 is 19.0. The van der Waals surface area contributed by atoms with Crippen LogP contribution in [0.4, 0.5) is 4.39 Å². The number of ether oxygens (including phenoxy) is 1. The first kappa shape index (κ1) is 19.3. The number of hydrogen-bond donors (Lipinski definition) is 2. The maximum atomic E-state index is 13.5. The molecular weight excluding hydrogens is 345 g/mol. The number of nitrogens with one attached hydrogen (secondary N) is 1. The molecule has 27 heavy (non-hydrogen) atoms. The molecule has 1 aromatic carbocycles. The normalized spacial score (nSPS) is 22.4. The van der Waals surface area contributed by atoms with Gasteiger partial charge in [-0.15, -0.1) is 0 Å². The highest BCUT2D eigenvalue weighted by Gasteiger charge is 2.40. The van der Waals surface area contributed by atoms with Crippen molar-refractivity contribution in [3.63, 3.8) is 0 Å². The molecule has 6 heteroatoms. The Balaban J connectivity index is 1.94. The van der Waals surface area contributed by atoms with Crippen LogP contribution in [-0.2, 0) is 11.2 Å². The van der Waals surface area contributed by atoms with Crippen LogP contribution < -0.4 is 15.8 Å². The second kappa shape index (κ2) is 8.05. The number of halogens is 1. The molecule has 1 aliphatic rings. The topological polar surface area (TPSA) is 77.2 Å². The lowest BCUT2D eigenvalue weighted by molar-refractivity contribution is -0.129. The molecule has 2 aromatic rings. The maximum absolute atomic E-state index is 13.5. The van der Waals surface area contributed by atoms with Crippen LogP contribution in [0.15, 0.2) is 36.5 Å². The van der Waals surface area contributed by atoms with Crippen LogP contribution in [-0.4, -0.2) is 31.1 Å². The fourth-order valence-electron chi connectivity index (χ4n) is 4.01. The molecule has 3 rings (SSSR count). The number of nitrogens with zero attached hydrogens (tertiary/aromatic N) is 1. The van der Waals surface area contributed by atoms with E-state index in [-0.39, 0.29) is 5.91 Å². The highest BCUT2D eigenvalue weighted by atomic mass is 19.1. The molecule has 1 heterocycles. The van der Waals surface area contributed by atoms with Crippen LogP contribution in [0, 0.1) is 11.4 Å². The molecule has 1 aliphatic carbocycles. The van der Waals surface area contributed by atoms with Crippen molar-refractivity contribution in [2.45, 2.75) is 38.1 Å². The smallest absolute Gasteiger partial charge is 0.223 e. The summed E-state index contributed by atoms with van der Waals surface area (Å²) >= 11 is 0. The monoisotopic (exact) mass is 371 g/mol. The van der Waals surface area contributed by atoms with E-state index >= 15 is 0 Å². The number of aromatic nitrogens is 1. The number of carbonyl (C=O) groups excluding carboxylic acids is 1. The predicted molar refractivity (Wildman–Crippen MR) is 103 cm³/mol. The Kier molecular flexibility index (Phi) is 5.75. The molecule has 3 N–H and O–H groups in total. The van der Waals surface area contributed by atoms with E-state index in [4.69, 9.17) is 10.5 Å². The number of carbonyl (C=O) groups is 1. The van der Waals surface area contributed by atoms with Gasteiger partial charge >= 0.3 is 0 Å². The van der Waals surface area contributed by atoms with Gasteiger partial charge in [0.05, 0.1) is 12.5 Å². The van der Waals surface area contributed by atoms with Gasteiger partial charge in [0.25, 0.3) is 0 Å². The molecule has 0 saturated heterocycles. The van der Waals surface area contributed by atoms with E-state index in [2.05, 4.69) is 10.3 Å². The third-order valence-corrected chi connectivity index (χ3v) is 5.74. The van der Waals surface area contributed by atoms with Crippen molar-refractivity contribution in [2.24, 2.45) is 11.1 Å². The van der Waals surface area contributed by atoms with Crippen LogP contribution in [0.25, 0.3) is 11.1 Å². The molecular formula is C21H26FN3O2. The molecule has 0 radical (unpaired) electrons. The minimum absolute atomic E-state index is 0.264. The van der Waals surface area contributed by atoms with Crippen molar-refractivity contribution >= 4 is 5.91 Å². The van der Waals surface area contributed by atoms with Crippen molar-refractivity contribution in [2.75, 3.05) is 14.2 Å². The number of nitrogens with two attached hydrogens (primary N) is 1. The van der Waals surface area contributed by atoms with E-state index < -0.39 is 11.4 Å². The number of amides is 1. The van der Waals surface area contributed by atoms with Crippen molar-refractivity contribution in [3.05, 3.63) is 48.0 Å². The van der Waals surface area contributed by atoms with Crippen LogP contribution in [0.1, 0.15) is 31.2 Å². The summed E-state index contributed by atoms with van der Waals surface area (Å²) in [6, 6.07) is 9.28. The first-order valence-electron chi connectivity index (χ1n) is 9.23. The average Bonchev–Trinajstić information content (AvgIpc) is 2.68. The number of methoxy groups -OCH3 is 1. The molecule has 0 spiro atoms. The molecule has 0 unspecified atom stereocenters. The minimum atomic E-state index is -0.581. The second-order valence-corrected chi connectivity index (χ2v) is 7.28. The zero-order valence-electron chi connectivity index (χ0n) is 15.8. The van der Waals surface area contributed by atoms with E-state index in [1.54, 1.807) is 13.2 Å². The Morgan fingerprint density at radius 2 is 2.00 bits per heavy atom. The Labute approximate surface area is 159 Å². The molecule has 0 atom stereocenters. The molecule has 5 nitrogen and oxygen atoms in total. The molecule has 1 saturated carbocycles. The van der Waals surface area contributed by atoms with Gasteiger partial charge in [0.15, 0.2) is 0 Å². The van der Waals surface area contributed by atoms with Crippen molar-refractivity contribution < 1.29 is 13.9 Å². The van der Waals surface area contributed by atoms with E-state index in [1.165, 1.54) is 12.3 Å². The van der Waals surface area contributed by atoms with Gasteiger partial charge in [0, 0.05) is 18.3 Å². The largest absolute Gasteiger partial charge is 0.496 e. The van der Waals surface area contributed by atoms with Crippen molar-refractivity contribution in [1.82, 2.24) is 10.3 Å². The van der Waals surface area contributed by atoms with Gasteiger partial charge in [-0.1, -0.05) is 6.07 Å².